The van der Waals surface area contributed by atoms with Crippen LogP contribution in [0.15, 0.2) is 29.2 Å². The molecule has 21 heavy (non-hydrogen) atoms. The van der Waals surface area contributed by atoms with E-state index in [-0.39, 0.29) is 5.75 Å². The summed E-state index contributed by atoms with van der Waals surface area (Å²) in [4.78, 5) is 2.48. The Hall–Kier alpha value is -1.42. The highest BCUT2D eigenvalue weighted by molar-refractivity contribution is 7.91. The quantitative estimate of drug-likeness (QED) is 0.834. The first kappa shape index (κ1) is 14.5. The fourth-order valence-electron chi connectivity index (χ4n) is 3.35. The molecular formula is C15H19N3O2S. The monoisotopic (exact) mass is 305 g/mol. The topological polar surface area (TPSA) is 73.2 Å². The molecule has 0 amide bonds. The Labute approximate surface area is 125 Å². The summed E-state index contributed by atoms with van der Waals surface area (Å²) in [6.07, 6.45) is 1.32. The zero-order valence-electron chi connectivity index (χ0n) is 11.9. The zero-order valence-corrected chi connectivity index (χ0v) is 12.7. The van der Waals surface area contributed by atoms with E-state index < -0.39 is 15.4 Å². The van der Waals surface area contributed by atoms with Crippen LogP contribution in [0.25, 0.3) is 0 Å². The van der Waals surface area contributed by atoms with Crippen molar-refractivity contribution in [2.45, 2.75) is 23.3 Å². The molecule has 0 saturated carbocycles. The third kappa shape index (κ3) is 2.35. The first-order valence-electron chi connectivity index (χ1n) is 7.29. The van der Waals surface area contributed by atoms with Crippen molar-refractivity contribution in [2.24, 2.45) is 0 Å². The fraction of sp³-hybridized carbons (Fsp3) is 0.533. The van der Waals surface area contributed by atoms with Crippen LogP contribution in [0.1, 0.15) is 18.4 Å². The minimum absolute atomic E-state index is 0.0432. The maximum Gasteiger partial charge on any atom is 0.178 e. The summed E-state index contributed by atoms with van der Waals surface area (Å²) >= 11 is 0. The van der Waals surface area contributed by atoms with Crippen LogP contribution in [0.2, 0.25) is 0 Å². The van der Waals surface area contributed by atoms with Crippen LogP contribution in [0.5, 0.6) is 0 Å². The number of nitriles is 1. The smallest absolute Gasteiger partial charge is 0.178 e. The van der Waals surface area contributed by atoms with E-state index in [4.69, 9.17) is 0 Å². The van der Waals surface area contributed by atoms with E-state index in [1.165, 1.54) is 0 Å². The lowest BCUT2D eigenvalue weighted by Gasteiger charge is -2.41. The lowest BCUT2D eigenvalue weighted by Crippen LogP contribution is -2.50. The van der Waals surface area contributed by atoms with Crippen LogP contribution in [-0.2, 0) is 15.4 Å². The first-order valence-corrected chi connectivity index (χ1v) is 8.95. The molecule has 2 heterocycles. The maximum atomic E-state index is 12.3. The van der Waals surface area contributed by atoms with Crippen LogP contribution in [0, 0.1) is 11.3 Å². The molecule has 2 aliphatic rings. The molecule has 2 aliphatic heterocycles. The summed E-state index contributed by atoms with van der Waals surface area (Å²) in [6.45, 7) is 3.35. The number of nitrogens with zero attached hydrogens (tertiary/aromatic N) is 2. The molecule has 0 spiro atoms. The van der Waals surface area contributed by atoms with E-state index in [1.54, 1.807) is 18.2 Å². The SMILES string of the molecule is N#CC1(N2CCCNCC2)CCS(=O)(=O)c2ccccc21. The Balaban J connectivity index is 2.13. The highest BCUT2D eigenvalue weighted by atomic mass is 32.2. The van der Waals surface area contributed by atoms with Gasteiger partial charge in [0.15, 0.2) is 9.84 Å². The molecule has 1 saturated heterocycles. The summed E-state index contributed by atoms with van der Waals surface area (Å²) in [5, 5.41) is 13.2. The maximum absolute atomic E-state index is 12.3. The normalized spacial score (nSPS) is 29.1. The second-order valence-corrected chi connectivity index (χ2v) is 7.71. The summed E-state index contributed by atoms with van der Waals surface area (Å²) < 4.78 is 24.6. The molecule has 1 atom stereocenters. The van der Waals surface area contributed by atoms with E-state index in [0.29, 0.717) is 16.9 Å². The molecule has 0 aromatic heterocycles. The minimum Gasteiger partial charge on any atom is -0.315 e. The van der Waals surface area contributed by atoms with Gasteiger partial charge in [0.25, 0.3) is 0 Å². The summed E-state index contributed by atoms with van der Waals surface area (Å²) in [5.74, 6) is 0.0432. The molecule has 3 rings (SSSR count). The second kappa shape index (κ2) is 5.41. The van der Waals surface area contributed by atoms with Gasteiger partial charge in [-0.25, -0.2) is 8.42 Å². The van der Waals surface area contributed by atoms with Gasteiger partial charge >= 0.3 is 0 Å². The van der Waals surface area contributed by atoms with Crippen LogP contribution in [0.3, 0.4) is 0 Å². The van der Waals surface area contributed by atoms with Crippen LogP contribution < -0.4 is 5.32 Å². The van der Waals surface area contributed by atoms with Gasteiger partial charge in [0.1, 0.15) is 5.54 Å². The third-order valence-electron chi connectivity index (χ3n) is 4.47. The van der Waals surface area contributed by atoms with E-state index in [2.05, 4.69) is 16.3 Å². The van der Waals surface area contributed by atoms with Crippen LogP contribution in [-0.4, -0.2) is 45.2 Å². The van der Waals surface area contributed by atoms with Gasteiger partial charge in [0.05, 0.1) is 16.7 Å². The molecule has 1 aromatic carbocycles. The van der Waals surface area contributed by atoms with Gasteiger partial charge in [-0.1, -0.05) is 18.2 Å². The van der Waals surface area contributed by atoms with Gasteiger partial charge < -0.3 is 5.32 Å². The van der Waals surface area contributed by atoms with Crippen molar-refractivity contribution in [1.29, 1.82) is 5.26 Å². The lowest BCUT2D eigenvalue weighted by atomic mass is 9.86. The van der Waals surface area contributed by atoms with E-state index in [9.17, 15) is 13.7 Å². The molecule has 0 bridgehead atoms. The van der Waals surface area contributed by atoms with Gasteiger partial charge in [0.2, 0.25) is 0 Å². The summed E-state index contributed by atoms with van der Waals surface area (Å²) in [7, 11) is -3.26. The van der Waals surface area contributed by atoms with Crippen molar-refractivity contribution in [1.82, 2.24) is 10.2 Å². The predicted molar refractivity (Wildman–Crippen MR) is 79.5 cm³/mol. The molecule has 1 N–H and O–H groups in total. The number of hydrogen-bond donors (Lipinski definition) is 1. The second-order valence-electron chi connectivity index (χ2n) is 5.63. The average molecular weight is 305 g/mol. The number of fused-ring (bicyclic) bond motifs is 1. The lowest BCUT2D eigenvalue weighted by molar-refractivity contribution is 0.136. The number of hydrogen-bond acceptors (Lipinski definition) is 5. The van der Waals surface area contributed by atoms with E-state index in [1.807, 2.05) is 6.07 Å². The molecule has 1 fully saturated rings. The Morgan fingerprint density at radius 1 is 1.24 bits per heavy atom. The fourth-order valence-corrected chi connectivity index (χ4v) is 4.99. The molecule has 112 valence electrons. The van der Waals surface area contributed by atoms with Gasteiger partial charge in [-0.3, -0.25) is 4.90 Å². The molecule has 6 heteroatoms. The van der Waals surface area contributed by atoms with E-state index in [0.717, 1.165) is 32.6 Å². The van der Waals surface area contributed by atoms with E-state index >= 15 is 0 Å². The van der Waals surface area contributed by atoms with Crippen LogP contribution >= 0.6 is 0 Å². The van der Waals surface area contributed by atoms with Crippen LogP contribution in [0.4, 0.5) is 0 Å². The molecule has 1 aromatic rings. The highest BCUT2D eigenvalue weighted by Gasteiger charge is 2.46. The van der Waals surface area contributed by atoms with Crippen molar-refractivity contribution < 1.29 is 8.42 Å². The van der Waals surface area contributed by atoms with Crippen molar-refractivity contribution in [2.75, 3.05) is 31.9 Å². The molecule has 5 nitrogen and oxygen atoms in total. The Morgan fingerprint density at radius 3 is 2.86 bits per heavy atom. The van der Waals surface area contributed by atoms with Gasteiger partial charge in [-0.2, -0.15) is 5.26 Å². The zero-order chi connectivity index (χ0) is 14.9. The first-order chi connectivity index (χ1) is 10.1. The molecule has 0 aliphatic carbocycles. The van der Waals surface area contributed by atoms with Crippen molar-refractivity contribution in [3.8, 4) is 6.07 Å². The van der Waals surface area contributed by atoms with Gasteiger partial charge in [-0.05, 0) is 25.5 Å². The van der Waals surface area contributed by atoms with Crippen molar-refractivity contribution >= 4 is 9.84 Å². The summed E-state index contributed by atoms with van der Waals surface area (Å²) in [6, 6.07) is 9.42. The number of sulfone groups is 1. The Kier molecular flexibility index (Phi) is 3.74. The van der Waals surface area contributed by atoms with Crippen molar-refractivity contribution in [3.63, 3.8) is 0 Å². The number of rotatable bonds is 1. The predicted octanol–water partition coefficient (Wildman–Crippen LogP) is 0.878. The summed E-state index contributed by atoms with van der Waals surface area (Å²) in [5.41, 5.74) is -0.158. The van der Waals surface area contributed by atoms with Gasteiger partial charge in [-0.15, -0.1) is 0 Å². The van der Waals surface area contributed by atoms with Gasteiger partial charge in [0, 0.05) is 25.2 Å². The van der Waals surface area contributed by atoms with Crippen molar-refractivity contribution in [3.05, 3.63) is 29.8 Å². The Bertz CT molecular complexity index is 672. The largest absolute Gasteiger partial charge is 0.315 e. The molecule has 0 radical (unpaired) electrons. The third-order valence-corrected chi connectivity index (χ3v) is 6.23. The highest BCUT2D eigenvalue weighted by Crippen LogP contribution is 2.41. The standard InChI is InChI=1S/C15H19N3O2S/c16-12-15(18-9-3-7-17-8-10-18)6-11-21(19,20)14-5-2-1-4-13(14)15/h1-2,4-5,17H,3,6-11H2. The Morgan fingerprint density at radius 2 is 2.05 bits per heavy atom. The molecule has 1 unspecified atom stereocenters. The number of benzene rings is 1. The minimum atomic E-state index is -3.26. The average Bonchev–Trinajstić information content (AvgIpc) is 2.78. The molecular weight excluding hydrogens is 286 g/mol. The number of nitrogens with one attached hydrogen (secondary N) is 1.